The molecular formula is C14H16FN3. The van der Waals surface area contributed by atoms with E-state index in [1.807, 2.05) is 19.1 Å². The highest BCUT2D eigenvalue weighted by Crippen LogP contribution is 2.20. The zero-order valence-electron chi connectivity index (χ0n) is 10.4. The van der Waals surface area contributed by atoms with Crippen LogP contribution >= 0.6 is 0 Å². The monoisotopic (exact) mass is 245 g/mol. The summed E-state index contributed by atoms with van der Waals surface area (Å²) in [4.78, 5) is 4.00. The van der Waals surface area contributed by atoms with Crippen LogP contribution in [0.15, 0.2) is 36.5 Å². The molecule has 2 aromatic rings. The van der Waals surface area contributed by atoms with Gasteiger partial charge in [0.25, 0.3) is 0 Å². The molecule has 0 aliphatic rings. The van der Waals surface area contributed by atoms with Crippen molar-refractivity contribution in [3.8, 4) is 0 Å². The number of anilines is 2. The fraction of sp³-hybridized carbons (Fsp3) is 0.214. The molecule has 0 fully saturated rings. The van der Waals surface area contributed by atoms with E-state index in [2.05, 4.69) is 10.3 Å². The van der Waals surface area contributed by atoms with Gasteiger partial charge in [-0.2, -0.15) is 0 Å². The Morgan fingerprint density at radius 2 is 2.06 bits per heavy atom. The molecule has 3 nitrogen and oxygen atoms in total. The molecule has 0 amide bonds. The lowest BCUT2D eigenvalue weighted by Gasteiger charge is -2.16. The molecule has 1 atom stereocenters. The van der Waals surface area contributed by atoms with Gasteiger partial charge in [-0.3, -0.25) is 0 Å². The zero-order valence-corrected chi connectivity index (χ0v) is 10.4. The molecule has 1 aromatic carbocycles. The minimum atomic E-state index is -0.184. The van der Waals surface area contributed by atoms with Crippen molar-refractivity contribution in [2.45, 2.75) is 19.9 Å². The number of hydrogen-bond donors (Lipinski definition) is 2. The second kappa shape index (κ2) is 5.04. The summed E-state index contributed by atoms with van der Waals surface area (Å²) in [6, 6.07) is 8.84. The molecule has 0 radical (unpaired) electrons. The third kappa shape index (κ3) is 2.77. The summed E-state index contributed by atoms with van der Waals surface area (Å²) in [7, 11) is 0. The number of nitrogens with two attached hydrogens (primary N) is 1. The van der Waals surface area contributed by atoms with Crippen LogP contribution in [0.2, 0.25) is 0 Å². The van der Waals surface area contributed by atoms with Gasteiger partial charge in [0.1, 0.15) is 11.6 Å². The van der Waals surface area contributed by atoms with E-state index in [1.165, 1.54) is 0 Å². The molecule has 0 bridgehead atoms. The van der Waals surface area contributed by atoms with Crippen molar-refractivity contribution in [3.05, 3.63) is 53.5 Å². The van der Waals surface area contributed by atoms with Crippen molar-refractivity contribution in [3.63, 3.8) is 0 Å². The SMILES string of the molecule is Cc1ccc(C(C)Nc2ccc(N)nc2)cc1F. The van der Waals surface area contributed by atoms with E-state index in [-0.39, 0.29) is 11.9 Å². The van der Waals surface area contributed by atoms with E-state index in [9.17, 15) is 4.39 Å². The average molecular weight is 245 g/mol. The summed E-state index contributed by atoms with van der Waals surface area (Å²) in [6.07, 6.45) is 1.66. The summed E-state index contributed by atoms with van der Waals surface area (Å²) in [5, 5.41) is 3.25. The predicted octanol–water partition coefficient (Wildman–Crippen LogP) is 3.28. The maximum Gasteiger partial charge on any atom is 0.126 e. The molecule has 0 aliphatic carbocycles. The Bertz CT molecular complexity index is 537. The van der Waals surface area contributed by atoms with Crippen LogP contribution in [0.3, 0.4) is 0 Å². The normalized spacial score (nSPS) is 12.2. The number of hydrogen-bond acceptors (Lipinski definition) is 3. The number of nitrogens with one attached hydrogen (secondary N) is 1. The molecule has 0 saturated carbocycles. The summed E-state index contributed by atoms with van der Waals surface area (Å²) >= 11 is 0. The number of aryl methyl sites for hydroxylation is 1. The maximum atomic E-state index is 13.5. The number of pyridine rings is 1. The minimum absolute atomic E-state index is 0.00512. The maximum absolute atomic E-state index is 13.5. The van der Waals surface area contributed by atoms with Crippen LogP contribution in [0.25, 0.3) is 0 Å². The highest BCUT2D eigenvalue weighted by Gasteiger charge is 2.07. The smallest absolute Gasteiger partial charge is 0.126 e. The van der Waals surface area contributed by atoms with Gasteiger partial charge in [-0.1, -0.05) is 12.1 Å². The highest BCUT2D eigenvalue weighted by atomic mass is 19.1. The predicted molar refractivity (Wildman–Crippen MR) is 71.8 cm³/mol. The largest absolute Gasteiger partial charge is 0.384 e. The topological polar surface area (TPSA) is 50.9 Å². The van der Waals surface area contributed by atoms with Gasteiger partial charge >= 0.3 is 0 Å². The molecular weight excluding hydrogens is 229 g/mol. The van der Waals surface area contributed by atoms with Crippen LogP contribution in [0.5, 0.6) is 0 Å². The van der Waals surface area contributed by atoms with E-state index >= 15 is 0 Å². The van der Waals surface area contributed by atoms with E-state index in [1.54, 1.807) is 31.3 Å². The first-order valence-electron chi connectivity index (χ1n) is 5.80. The highest BCUT2D eigenvalue weighted by molar-refractivity contribution is 5.47. The van der Waals surface area contributed by atoms with Gasteiger partial charge in [0.2, 0.25) is 0 Å². The molecule has 94 valence electrons. The summed E-state index contributed by atoms with van der Waals surface area (Å²) in [6.45, 7) is 3.72. The van der Waals surface area contributed by atoms with Gasteiger partial charge in [-0.15, -0.1) is 0 Å². The molecule has 2 rings (SSSR count). The fourth-order valence-corrected chi connectivity index (χ4v) is 1.70. The molecule has 0 saturated heterocycles. The molecule has 18 heavy (non-hydrogen) atoms. The first kappa shape index (κ1) is 12.4. The first-order chi connectivity index (χ1) is 8.56. The fourth-order valence-electron chi connectivity index (χ4n) is 1.70. The third-order valence-corrected chi connectivity index (χ3v) is 2.87. The Kier molecular flexibility index (Phi) is 3.46. The lowest BCUT2D eigenvalue weighted by molar-refractivity contribution is 0.614. The number of halogens is 1. The Hall–Kier alpha value is -2.10. The second-order valence-corrected chi connectivity index (χ2v) is 4.35. The number of nitrogen functional groups attached to an aromatic ring is 1. The van der Waals surface area contributed by atoms with Crippen molar-refractivity contribution < 1.29 is 4.39 Å². The number of rotatable bonds is 3. The summed E-state index contributed by atoms with van der Waals surface area (Å²) in [5.74, 6) is 0.297. The van der Waals surface area contributed by atoms with Crippen LogP contribution in [-0.4, -0.2) is 4.98 Å². The third-order valence-electron chi connectivity index (χ3n) is 2.87. The van der Waals surface area contributed by atoms with Gasteiger partial charge < -0.3 is 11.1 Å². The first-order valence-corrected chi connectivity index (χ1v) is 5.80. The molecule has 1 aromatic heterocycles. The number of nitrogens with zero attached hydrogens (tertiary/aromatic N) is 1. The number of benzene rings is 1. The van der Waals surface area contributed by atoms with Crippen LogP contribution in [0.1, 0.15) is 24.1 Å². The summed E-state index contributed by atoms with van der Waals surface area (Å²) in [5.41, 5.74) is 7.93. The molecule has 1 heterocycles. The quantitative estimate of drug-likeness (QED) is 0.872. The van der Waals surface area contributed by atoms with Crippen molar-refractivity contribution in [2.75, 3.05) is 11.1 Å². The average Bonchev–Trinajstić information content (AvgIpc) is 2.35. The van der Waals surface area contributed by atoms with Gasteiger partial charge in [-0.05, 0) is 43.2 Å². The van der Waals surface area contributed by atoms with Crippen molar-refractivity contribution in [1.82, 2.24) is 4.98 Å². The zero-order chi connectivity index (χ0) is 13.1. The van der Waals surface area contributed by atoms with Crippen LogP contribution < -0.4 is 11.1 Å². The van der Waals surface area contributed by atoms with Crippen molar-refractivity contribution in [1.29, 1.82) is 0 Å². The Labute approximate surface area is 106 Å². The van der Waals surface area contributed by atoms with Crippen LogP contribution in [0, 0.1) is 12.7 Å². The molecule has 0 aliphatic heterocycles. The Morgan fingerprint density at radius 1 is 1.28 bits per heavy atom. The molecule has 4 heteroatoms. The van der Waals surface area contributed by atoms with Crippen molar-refractivity contribution in [2.24, 2.45) is 0 Å². The van der Waals surface area contributed by atoms with Crippen LogP contribution in [-0.2, 0) is 0 Å². The van der Waals surface area contributed by atoms with Gasteiger partial charge in [0.15, 0.2) is 0 Å². The Balaban J connectivity index is 2.13. The van der Waals surface area contributed by atoms with Gasteiger partial charge in [0.05, 0.1) is 11.9 Å². The minimum Gasteiger partial charge on any atom is -0.384 e. The molecule has 3 N–H and O–H groups in total. The van der Waals surface area contributed by atoms with E-state index in [4.69, 9.17) is 5.73 Å². The molecule has 1 unspecified atom stereocenters. The lowest BCUT2D eigenvalue weighted by atomic mass is 10.1. The van der Waals surface area contributed by atoms with Gasteiger partial charge in [-0.25, -0.2) is 9.37 Å². The van der Waals surface area contributed by atoms with Crippen molar-refractivity contribution >= 4 is 11.5 Å². The van der Waals surface area contributed by atoms with E-state index < -0.39 is 0 Å². The summed E-state index contributed by atoms with van der Waals surface area (Å²) < 4.78 is 13.5. The second-order valence-electron chi connectivity index (χ2n) is 4.35. The van der Waals surface area contributed by atoms with Crippen LogP contribution in [0.4, 0.5) is 15.9 Å². The standard InChI is InChI=1S/C14H16FN3/c1-9-3-4-11(7-13(9)15)10(2)18-12-5-6-14(16)17-8-12/h3-8,10,18H,1-2H3,(H2,16,17). The van der Waals surface area contributed by atoms with Gasteiger partial charge in [0, 0.05) is 6.04 Å². The van der Waals surface area contributed by atoms with E-state index in [0.717, 1.165) is 11.3 Å². The Morgan fingerprint density at radius 3 is 2.67 bits per heavy atom. The molecule has 0 spiro atoms. The lowest BCUT2D eigenvalue weighted by Crippen LogP contribution is -2.07. The van der Waals surface area contributed by atoms with E-state index in [0.29, 0.717) is 11.4 Å². The number of aromatic nitrogens is 1.